The van der Waals surface area contributed by atoms with Crippen LogP contribution in [0, 0.1) is 18.3 Å². The highest BCUT2D eigenvalue weighted by Crippen LogP contribution is 2.17. The number of nitriles is 1. The first-order valence-electron chi connectivity index (χ1n) is 5.72. The van der Waals surface area contributed by atoms with Crippen LogP contribution in [-0.4, -0.2) is 26.9 Å². The molecule has 0 aliphatic carbocycles. The van der Waals surface area contributed by atoms with Gasteiger partial charge in [-0.3, -0.25) is 4.79 Å². The summed E-state index contributed by atoms with van der Waals surface area (Å²) in [5.74, 6) is -0.171. The molecule has 1 atom stereocenters. The average Bonchev–Trinajstić information content (AvgIpc) is 2.74. The van der Waals surface area contributed by atoms with Gasteiger partial charge in [-0.15, -0.1) is 0 Å². The lowest BCUT2D eigenvalue weighted by Gasteiger charge is -2.13. The highest BCUT2D eigenvalue weighted by atomic mass is 32.2. The van der Waals surface area contributed by atoms with Gasteiger partial charge in [0.15, 0.2) is 0 Å². The maximum atomic E-state index is 12.2. The number of nitrogens with zero attached hydrogens (tertiary/aromatic N) is 1. The van der Waals surface area contributed by atoms with E-state index >= 15 is 0 Å². The second kappa shape index (κ2) is 4.99. The number of nitrogens with one attached hydrogen (secondary N) is 2. The van der Waals surface area contributed by atoms with E-state index in [-0.39, 0.29) is 29.3 Å². The number of amides is 1. The Morgan fingerprint density at radius 1 is 1.47 bits per heavy atom. The molecule has 100 valence electrons. The topological polar surface area (TPSA) is 99.1 Å². The third-order valence-corrected chi connectivity index (χ3v) is 4.57. The molecule has 1 unspecified atom stereocenters. The van der Waals surface area contributed by atoms with Crippen molar-refractivity contribution in [3.8, 4) is 6.07 Å². The molecule has 1 aromatic rings. The molecule has 7 heteroatoms. The summed E-state index contributed by atoms with van der Waals surface area (Å²) < 4.78 is 26.9. The van der Waals surface area contributed by atoms with Gasteiger partial charge in [-0.2, -0.15) is 5.26 Å². The first-order chi connectivity index (χ1) is 8.92. The summed E-state index contributed by atoms with van der Waals surface area (Å²) >= 11 is 0. The molecule has 6 nitrogen and oxygen atoms in total. The maximum Gasteiger partial charge on any atom is 0.241 e. The minimum atomic E-state index is -3.72. The van der Waals surface area contributed by atoms with E-state index < -0.39 is 16.1 Å². The molecule has 1 fully saturated rings. The van der Waals surface area contributed by atoms with Gasteiger partial charge in [0.05, 0.1) is 16.5 Å². The number of hydrogen-bond acceptors (Lipinski definition) is 4. The summed E-state index contributed by atoms with van der Waals surface area (Å²) in [6, 6.07) is 5.95. The van der Waals surface area contributed by atoms with Crippen LogP contribution in [-0.2, 0) is 14.8 Å². The molecule has 1 amide bonds. The smallest absolute Gasteiger partial charge is 0.241 e. The quantitative estimate of drug-likeness (QED) is 0.815. The number of benzene rings is 1. The van der Waals surface area contributed by atoms with Crippen molar-refractivity contribution in [2.45, 2.75) is 24.3 Å². The van der Waals surface area contributed by atoms with Crippen LogP contribution < -0.4 is 10.0 Å². The van der Waals surface area contributed by atoms with Gasteiger partial charge in [-0.1, -0.05) is 6.07 Å². The Morgan fingerprint density at radius 2 is 2.21 bits per heavy atom. The highest BCUT2D eigenvalue weighted by molar-refractivity contribution is 7.89. The normalized spacial score (nSPS) is 18.9. The van der Waals surface area contributed by atoms with Crippen molar-refractivity contribution in [3.05, 3.63) is 29.3 Å². The van der Waals surface area contributed by atoms with Crippen LogP contribution in [0.1, 0.15) is 17.5 Å². The Hall–Kier alpha value is -1.91. The molecule has 19 heavy (non-hydrogen) atoms. The summed E-state index contributed by atoms with van der Waals surface area (Å²) in [4.78, 5) is 11.1. The molecule has 0 saturated carbocycles. The van der Waals surface area contributed by atoms with E-state index in [4.69, 9.17) is 5.26 Å². The summed E-state index contributed by atoms with van der Waals surface area (Å²) in [5.41, 5.74) is 0.843. The predicted molar refractivity (Wildman–Crippen MR) is 67.6 cm³/mol. The van der Waals surface area contributed by atoms with E-state index in [1.54, 1.807) is 19.1 Å². The van der Waals surface area contributed by atoms with Crippen molar-refractivity contribution in [1.82, 2.24) is 10.0 Å². The lowest BCUT2D eigenvalue weighted by Crippen LogP contribution is -2.36. The molecular formula is C12H13N3O3S. The van der Waals surface area contributed by atoms with Crippen LogP contribution in [0.2, 0.25) is 0 Å². The Kier molecular flexibility index (Phi) is 3.55. The summed E-state index contributed by atoms with van der Waals surface area (Å²) in [6.07, 6.45) is 0.135. The third-order valence-electron chi connectivity index (χ3n) is 2.91. The predicted octanol–water partition coefficient (Wildman–Crippen LogP) is 0.0335. The summed E-state index contributed by atoms with van der Waals surface area (Å²) in [7, 11) is -3.72. The van der Waals surface area contributed by atoms with Gasteiger partial charge < -0.3 is 5.32 Å². The van der Waals surface area contributed by atoms with Crippen LogP contribution in [0.5, 0.6) is 0 Å². The standard InChI is InChI=1S/C12H13N3O3S/c1-8-2-3-9(6-13)4-11(8)19(17,18)15-10-5-12(16)14-7-10/h2-4,10,15H,5,7H2,1H3,(H,14,16). The Bertz CT molecular complexity index is 661. The molecule has 1 saturated heterocycles. The Morgan fingerprint density at radius 3 is 2.79 bits per heavy atom. The van der Waals surface area contributed by atoms with Gasteiger partial charge in [0, 0.05) is 19.0 Å². The summed E-state index contributed by atoms with van der Waals surface area (Å²) in [5, 5.41) is 11.4. The number of carbonyl (C=O) groups excluding carboxylic acids is 1. The number of carbonyl (C=O) groups is 1. The van der Waals surface area contributed by atoms with E-state index in [1.165, 1.54) is 6.07 Å². The largest absolute Gasteiger partial charge is 0.354 e. The molecule has 0 radical (unpaired) electrons. The number of hydrogen-bond donors (Lipinski definition) is 2. The second-order valence-electron chi connectivity index (χ2n) is 4.42. The molecular weight excluding hydrogens is 266 g/mol. The van der Waals surface area contributed by atoms with Crippen LogP contribution in [0.15, 0.2) is 23.1 Å². The van der Waals surface area contributed by atoms with Gasteiger partial charge >= 0.3 is 0 Å². The van der Waals surface area contributed by atoms with E-state index in [9.17, 15) is 13.2 Å². The van der Waals surface area contributed by atoms with Gasteiger partial charge in [0.1, 0.15) is 0 Å². The van der Waals surface area contributed by atoms with Crippen LogP contribution in [0.25, 0.3) is 0 Å². The van der Waals surface area contributed by atoms with Crippen molar-refractivity contribution < 1.29 is 13.2 Å². The van der Waals surface area contributed by atoms with Crippen LogP contribution in [0.3, 0.4) is 0 Å². The minimum absolute atomic E-state index is 0.0749. The van der Waals surface area contributed by atoms with Crippen molar-refractivity contribution in [1.29, 1.82) is 5.26 Å². The molecule has 1 aliphatic rings. The SMILES string of the molecule is Cc1ccc(C#N)cc1S(=O)(=O)NC1CNC(=O)C1. The van der Waals surface area contributed by atoms with Crippen LogP contribution in [0.4, 0.5) is 0 Å². The lowest BCUT2D eigenvalue weighted by molar-refractivity contribution is -0.119. The first-order valence-corrected chi connectivity index (χ1v) is 7.20. The molecule has 0 bridgehead atoms. The van der Waals surface area contributed by atoms with Crippen molar-refractivity contribution in [2.75, 3.05) is 6.54 Å². The van der Waals surface area contributed by atoms with Crippen molar-refractivity contribution in [3.63, 3.8) is 0 Å². The third kappa shape index (κ3) is 2.92. The monoisotopic (exact) mass is 279 g/mol. The van der Waals surface area contributed by atoms with E-state index in [0.717, 1.165) is 0 Å². The average molecular weight is 279 g/mol. The maximum absolute atomic E-state index is 12.2. The molecule has 1 aromatic carbocycles. The fourth-order valence-corrected chi connectivity index (χ4v) is 3.44. The van der Waals surface area contributed by atoms with Crippen LogP contribution >= 0.6 is 0 Å². The van der Waals surface area contributed by atoms with Gasteiger partial charge in [-0.05, 0) is 24.6 Å². The molecule has 0 spiro atoms. The van der Waals surface area contributed by atoms with Gasteiger partial charge in [-0.25, -0.2) is 13.1 Å². The highest BCUT2D eigenvalue weighted by Gasteiger charge is 2.27. The number of sulfonamides is 1. The molecule has 2 N–H and O–H groups in total. The Labute approximate surface area is 111 Å². The Balaban J connectivity index is 2.29. The first kappa shape index (κ1) is 13.5. The molecule has 0 aromatic heterocycles. The molecule has 1 aliphatic heterocycles. The second-order valence-corrected chi connectivity index (χ2v) is 6.10. The van der Waals surface area contributed by atoms with E-state index in [2.05, 4.69) is 10.0 Å². The number of aryl methyl sites for hydroxylation is 1. The van der Waals surface area contributed by atoms with E-state index in [1.807, 2.05) is 6.07 Å². The van der Waals surface area contributed by atoms with Gasteiger partial charge in [0.2, 0.25) is 15.9 Å². The zero-order valence-electron chi connectivity index (χ0n) is 10.3. The molecule has 1 heterocycles. The van der Waals surface area contributed by atoms with Crippen molar-refractivity contribution in [2.24, 2.45) is 0 Å². The van der Waals surface area contributed by atoms with Crippen molar-refractivity contribution >= 4 is 15.9 Å². The number of rotatable bonds is 3. The van der Waals surface area contributed by atoms with Gasteiger partial charge in [0.25, 0.3) is 0 Å². The fraction of sp³-hybridized carbons (Fsp3) is 0.333. The fourth-order valence-electron chi connectivity index (χ4n) is 1.93. The minimum Gasteiger partial charge on any atom is -0.354 e. The lowest BCUT2D eigenvalue weighted by atomic mass is 10.2. The zero-order valence-corrected chi connectivity index (χ0v) is 11.1. The zero-order chi connectivity index (χ0) is 14.0. The summed E-state index contributed by atoms with van der Waals surface area (Å²) in [6.45, 7) is 1.95. The van der Waals surface area contributed by atoms with E-state index in [0.29, 0.717) is 5.56 Å². The molecule has 2 rings (SSSR count).